The molecule has 0 fully saturated rings. The number of rotatable bonds is 6. The van der Waals surface area contributed by atoms with Crippen molar-refractivity contribution < 1.29 is 14.6 Å². The van der Waals surface area contributed by atoms with Crippen molar-refractivity contribution in [3.8, 4) is 5.88 Å². The second-order valence-electron chi connectivity index (χ2n) is 4.49. The van der Waals surface area contributed by atoms with Crippen LogP contribution in [0.3, 0.4) is 0 Å². The van der Waals surface area contributed by atoms with E-state index in [2.05, 4.69) is 20.2 Å². The van der Waals surface area contributed by atoms with E-state index >= 15 is 0 Å². The number of nitrogens with zero attached hydrogens (tertiary/aromatic N) is 5. The van der Waals surface area contributed by atoms with Crippen LogP contribution in [0.4, 0.5) is 4.79 Å². The first-order valence-corrected chi connectivity index (χ1v) is 6.83. The third-order valence-electron chi connectivity index (χ3n) is 2.99. The van der Waals surface area contributed by atoms with Crippen molar-refractivity contribution in [1.29, 1.82) is 0 Å². The molecule has 2 heterocycles. The largest absolute Gasteiger partial charge is 0.477 e. The van der Waals surface area contributed by atoms with Crippen molar-refractivity contribution in [2.24, 2.45) is 0 Å². The number of amides is 1. The van der Waals surface area contributed by atoms with Gasteiger partial charge >= 0.3 is 6.09 Å². The lowest BCUT2D eigenvalue weighted by Gasteiger charge is -2.24. The van der Waals surface area contributed by atoms with Crippen molar-refractivity contribution in [2.45, 2.75) is 26.4 Å². The van der Waals surface area contributed by atoms with Crippen molar-refractivity contribution in [3.63, 3.8) is 0 Å². The van der Waals surface area contributed by atoms with Crippen LogP contribution in [0.5, 0.6) is 5.88 Å². The predicted octanol–water partition coefficient (Wildman–Crippen LogP) is 1.91. The molecular weight excluding hydrogens is 286 g/mol. The van der Waals surface area contributed by atoms with E-state index in [9.17, 15) is 9.90 Å². The maximum Gasteiger partial charge on any atom is 0.408 e. The standard InChI is InChI=1S/C14H17N5O3/c1-3-22-12-6-5-11(17-18-12)9-19(14(20)21)10(2)13-15-7-4-8-16-13/h4-8,10H,3,9H2,1-2H3,(H,20,21)/t10-/m1/s1. The van der Waals surface area contributed by atoms with Gasteiger partial charge < -0.3 is 9.84 Å². The van der Waals surface area contributed by atoms with Crippen LogP contribution in [-0.4, -0.2) is 42.9 Å². The summed E-state index contributed by atoms with van der Waals surface area (Å²) >= 11 is 0. The Morgan fingerprint density at radius 2 is 2.05 bits per heavy atom. The normalized spacial score (nSPS) is 11.7. The topological polar surface area (TPSA) is 101 Å². The molecule has 0 aliphatic rings. The van der Waals surface area contributed by atoms with E-state index in [4.69, 9.17) is 4.74 Å². The van der Waals surface area contributed by atoms with Gasteiger partial charge in [-0.1, -0.05) is 0 Å². The van der Waals surface area contributed by atoms with Crippen molar-refractivity contribution in [2.75, 3.05) is 6.61 Å². The first kappa shape index (κ1) is 15.6. The molecule has 22 heavy (non-hydrogen) atoms. The summed E-state index contributed by atoms with van der Waals surface area (Å²) in [6, 6.07) is 4.54. The zero-order chi connectivity index (χ0) is 15.9. The first-order chi connectivity index (χ1) is 10.6. The maximum atomic E-state index is 11.5. The Hall–Kier alpha value is -2.77. The molecule has 1 atom stereocenters. The molecule has 2 rings (SSSR count). The fraction of sp³-hybridized carbons (Fsp3) is 0.357. The van der Waals surface area contributed by atoms with Gasteiger partial charge in [-0.15, -0.1) is 5.10 Å². The highest BCUT2D eigenvalue weighted by atomic mass is 16.5. The summed E-state index contributed by atoms with van der Waals surface area (Å²) in [5, 5.41) is 17.3. The van der Waals surface area contributed by atoms with Crippen LogP contribution in [0.1, 0.15) is 31.4 Å². The summed E-state index contributed by atoms with van der Waals surface area (Å²) in [7, 11) is 0. The van der Waals surface area contributed by atoms with Gasteiger partial charge in [0.05, 0.1) is 24.9 Å². The van der Waals surface area contributed by atoms with E-state index in [1.807, 2.05) is 6.92 Å². The lowest BCUT2D eigenvalue weighted by molar-refractivity contribution is 0.121. The van der Waals surface area contributed by atoms with E-state index < -0.39 is 12.1 Å². The minimum Gasteiger partial charge on any atom is -0.477 e. The van der Waals surface area contributed by atoms with Crippen LogP contribution in [0.2, 0.25) is 0 Å². The van der Waals surface area contributed by atoms with Gasteiger partial charge in [0.1, 0.15) is 0 Å². The Labute approximate surface area is 127 Å². The summed E-state index contributed by atoms with van der Waals surface area (Å²) < 4.78 is 5.21. The Morgan fingerprint density at radius 3 is 2.59 bits per heavy atom. The number of carbonyl (C=O) groups is 1. The first-order valence-electron chi connectivity index (χ1n) is 6.83. The molecule has 2 aromatic rings. The molecule has 0 radical (unpaired) electrons. The van der Waals surface area contributed by atoms with Gasteiger partial charge in [0.25, 0.3) is 0 Å². The van der Waals surface area contributed by atoms with Gasteiger partial charge in [-0.05, 0) is 26.0 Å². The molecule has 0 aliphatic carbocycles. The molecule has 0 saturated carbocycles. The summed E-state index contributed by atoms with van der Waals surface area (Å²) in [6.07, 6.45) is 2.08. The van der Waals surface area contributed by atoms with E-state index in [0.29, 0.717) is 24.0 Å². The molecule has 116 valence electrons. The molecule has 0 bridgehead atoms. The van der Waals surface area contributed by atoms with Crippen molar-refractivity contribution in [1.82, 2.24) is 25.1 Å². The van der Waals surface area contributed by atoms with Gasteiger partial charge in [-0.3, -0.25) is 4.90 Å². The summed E-state index contributed by atoms with van der Waals surface area (Å²) in [5.74, 6) is 0.844. The van der Waals surface area contributed by atoms with E-state index in [-0.39, 0.29) is 6.54 Å². The molecule has 1 amide bonds. The summed E-state index contributed by atoms with van der Waals surface area (Å²) in [5.41, 5.74) is 0.522. The molecule has 0 spiro atoms. The van der Waals surface area contributed by atoms with Gasteiger partial charge in [-0.2, -0.15) is 5.10 Å². The molecule has 0 saturated heterocycles. The Bertz CT molecular complexity index is 606. The second kappa shape index (κ2) is 7.30. The fourth-order valence-corrected chi connectivity index (χ4v) is 1.87. The molecule has 2 aromatic heterocycles. The average Bonchev–Trinajstić information content (AvgIpc) is 2.54. The number of ether oxygens (including phenoxy) is 1. The Morgan fingerprint density at radius 1 is 1.32 bits per heavy atom. The lowest BCUT2D eigenvalue weighted by Crippen LogP contribution is -2.33. The summed E-state index contributed by atoms with van der Waals surface area (Å²) in [6.45, 7) is 4.17. The van der Waals surface area contributed by atoms with Gasteiger partial charge in [0.15, 0.2) is 5.82 Å². The minimum atomic E-state index is -1.07. The highest BCUT2D eigenvalue weighted by Gasteiger charge is 2.23. The zero-order valence-electron chi connectivity index (χ0n) is 12.4. The number of aromatic nitrogens is 4. The Kier molecular flexibility index (Phi) is 5.18. The molecule has 0 unspecified atom stereocenters. The average molecular weight is 303 g/mol. The number of hydrogen-bond acceptors (Lipinski definition) is 6. The molecule has 8 nitrogen and oxygen atoms in total. The second-order valence-corrected chi connectivity index (χ2v) is 4.49. The highest BCUT2D eigenvalue weighted by molar-refractivity contribution is 5.65. The van der Waals surface area contributed by atoms with E-state index in [0.717, 1.165) is 0 Å². The SMILES string of the molecule is CCOc1ccc(CN(C(=O)O)[C@H](C)c2ncccn2)nn1. The van der Waals surface area contributed by atoms with Crippen molar-refractivity contribution in [3.05, 3.63) is 42.1 Å². The van der Waals surface area contributed by atoms with Crippen LogP contribution in [0, 0.1) is 0 Å². The smallest absolute Gasteiger partial charge is 0.408 e. The molecule has 1 N–H and O–H groups in total. The van der Waals surface area contributed by atoms with Gasteiger partial charge in [0, 0.05) is 18.5 Å². The van der Waals surface area contributed by atoms with Crippen molar-refractivity contribution >= 4 is 6.09 Å². The van der Waals surface area contributed by atoms with E-state index in [1.165, 1.54) is 4.90 Å². The lowest BCUT2D eigenvalue weighted by atomic mass is 10.2. The predicted molar refractivity (Wildman–Crippen MR) is 77.2 cm³/mol. The van der Waals surface area contributed by atoms with Crippen LogP contribution >= 0.6 is 0 Å². The number of carboxylic acid groups (broad SMARTS) is 1. The highest BCUT2D eigenvalue weighted by Crippen LogP contribution is 2.18. The molecule has 0 aromatic carbocycles. The fourth-order valence-electron chi connectivity index (χ4n) is 1.87. The number of hydrogen-bond donors (Lipinski definition) is 1. The quantitative estimate of drug-likeness (QED) is 0.869. The monoisotopic (exact) mass is 303 g/mol. The van der Waals surface area contributed by atoms with Crippen LogP contribution in [0.15, 0.2) is 30.6 Å². The minimum absolute atomic E-state index is 0.0914. The van der Waals surface area contributed by atoms with Crippen LogP contribution in [0.25, 0.3) is 0 Å². The zero-order valence-corrected chi connectivity index (χ0v) is 12.4. The van der Waals surface area contributed by atoms with E-state index in [1.54, 1.807) is 37.5 Å². The molecule has 0 aliphatic heterocycles. The maximum absolute atomic E-state index is 11.5. The Balaban J connectivity index is 2.13. The third-order valence-corrected chi connectivity index (χ3v) is 2.99. The van der Waals surface area contributed by atoms with Gasteiger partial charge in [-0.25, -0.2) is 14.8 Å². The van der Waals surface area contributed by atoms with Gasteiger partial charge in [0.2, 0.25) is 5.88 Å². The molecular formula is C14H17N5O3. The third kappa shape index (κ3) is 3.87. The molecule has 8 heteroatoms. The summed E-state index contributed by atoms with van der Waals surface area (Å²) in [4.78, 5) is 20.9. The van der Waals surface area contributed by atoms with Crippen LogP contribution < -0.4 is 4.74 Å². The van der Waals surface area contributed by atoms with Crippen LogP contribution in [-0.2, 0) is 6.54 Å².